The van der Waals surface area contributed by atoms with Crippen LogP contribution in [0.5, 0.6) is 0 Å². The smallest absolute Gasteiger partial charge is 0.237 e. The molecule has 2 N–H and O–H groups in total. The van der Waals surface area contributed by atoms with Gasteiger partial charge < -0.3 is 10.6 Å². The highest BCUT2D eigenvalue weighted by atomic mass is 35.5. The van der Waals surface area contributed by atoms with Crippen molar-refractivity contribution in [3.8, 4) is 0 Å². The second-order valence-electron chi connectivity index (χ2n) is 5.82. The van der Waals surface area contributed by atoms with Gasteiger partial charge in [0.25, 0.3) is 0 Å². The third-order valence-corrected chi connectivity index (χ3v) is 5.00. The molecule has 2 aromatic carbocycles. The van der Waals surface area contributed by atoms with E-state index in [0.717, 1.165) is 16.8 Å². The molecule has 0 radical (unpaired) electrons. The highest BCUT2D eigenvalue weighted by molar-refractivity contribution is 8.01. The number of carbonyl (C=O) groups excluding carboxylic acids is 2. The minimum atomic E-state index is -0.336. The minimum absolute atomic E-state index is 0.115. The zero-order chi connectivity index (χ0) is 18.4. The molecule has 0 spiro atoms. The molecule has 6 heteroatoms. The Balaban J connectivity index is 1.82. The summed E-state index contributed by atoms with van der Waals surface area (Å²) in [6.45, 7) is 5.76. The summed E-state index contributed by atoms with van der Waals surface area (Å²) in [5.41, 5.74) is 3.65. The maximum absolute atomic E-state index is 12.3. The van der Waals surface area contributed by atoms with Crippen LogP contribution in [0, 0.1) is 13.8 Å². The lowest BCUT2D eigenvalue weighted by Crippen LogP contribution is -2.25. The Kier molecular flexibility index (Phi) is 6.91. The van der Waals surface area contributed by atoms with Crippen molar-refractivity contribution >= 4 is 46.6 Å². The highest BCUT2D eigenvalue weighted by Crippen LogP contribution is 2.19. The number of hydrogen-bond acceptors (Lipinski definition) is 3. The molecule has 0 aliphatic rings. The van der Waals surface area contributed by atoms with Crippen molar-refractivity contribution in [1.29, 1.82) is 0 Å². The predicted molar refractivity (Wildman–Crippen MR) is 107 cm³/mol. The molecular weight excluding hydrogens is 356 g/mol. The van der Waals surface area contributed by atoms with Crippen LogP contribution in [-0.2, 0) is 9.59 Å². The van der Waals surface area contributed by atoms with Gasteiger partial charge in [-0.1, -0.05) is 29.3 Å². The SMILES string of the molecule is Cc1ccc(NC(=O)[C@@H](C)SCC(=O)Nc2ccc(Cl)cc2)c(C)c1. The number of benzene rings is 2. The number of thioether (sulfide) groups is 1. The molecule has 2 rings (SSSR count). The summed E-state index contributed by atoms with van der Waals surface area (Å²) in [4.78, 5) is 24.3. The Morgan fingerprint density at radius 1 is 1.08 bits per heavy atom. The van der Waals surface area contributed by atoms with E-state index in [9.17, 15) is 9.59 Å². The molecule has 25 heavy (non-hydrogen) atoms. The maximum Gasteiger partial charge on any atom is 0.237 e. The van der Waals surface area contributed by atoms with Crippen LogP contribution in [0.2, 0.25) is 5.02 Å². The summed E-state index contributed by atoms with van der Waals surface area (Å²) in [7, 11) is 0. The van der Waals surface area contributed by atoms with Crippen LogP contribution >= 0.6 is 23.4 Å². The first-order valence-corrected chi connectivity index (χ1v) is 9.33. The highest BCUT2D eigenvalue weighted by Gasteiger charge is 2.16. The van der Waals surface area contributed by atoms with Crippen molar-refractivity contribution in [2.45, 2.75) is 26.0 Å². The van der Waals surface area contributed by atoms with Crippen LogP contribution in [0.3, 0.4) is 0 Å². The lowest BCUT2D eigenvalue weighted by atomic mass is 10.1. The number of anilines is 2. The van der Waals surface area contributed by atoms with Gasteiger partial charge in [0.05, 0.1) is 11.0 Å². The van der Waals surface area contributed by atoms with Crippen molar-refractivity contribution in [3.63, 3.8) is 0 Å². The number of halogens is 1. The van der Waals surface area contributed by atoms with Crippen LogP contribution in [-0.4, -0.2) is 22.8 Å². The van der Waals surface area contributed by atoms with E-state index >= 15 is 0 Å². The van der Waals surface area contributed by atoms with E-state index < -0.39 is 0 Å². The van der Waals surface area contributed by atoms with Crippen LogP contribution in [0.25, 0.3) is 0 Å². The van der Waals surface area contributed by atoms with E-state index in [1.165, 1.54) is 11.8 Å². The largest absolute Gasteiger partial charge is 0.325 e. The van der Waals surface area contributed by atoms with Gasteiger partial charge in [-0.15, -0.1) is 11.8 Å². The maximum atomic E-state index is 12.3. The molecule has 0 saturated heterocycles. The Morgan fingerprint density at radius 3 is 2.40 bits per heavy atom. The van der Waals surface area contributed by atoms with E-state index in [1.54, 1.807) is 31.2 Å². The molecular formula is C19H21ClN2O2S. The molecule has 1 atom stereocenters. The average molecular weight is 377 g/mol. The van der Waals surface area contributed by atoms with Crippen LogP contribution in [0.15, 0.2) is 42.5 Å². The number of carbonyl (C=O) groups is 2. The fraction of sp³-hybridized carbons (Fsp3) is 0.263. The zero-order valence-electron chi connectivity index (χ0n) is 14.4. The first-order chi connectivity index (χ1) is 11.8. The number of nitrogens with one attached hydrogen (secondary N) is 2. The van der Waals surface area contributed by atoms with Gasteiger partial charge in [0.1, 0.15) is 0 Å². The van der Waals surface area contributed by atoms with Crippen molar-refractivity contribution in [3.05, 3.63) is 58.6 Å². The number of hydrogen-bond donors (Lipinski definition) is 2. The zero-order valence-corrected chi connectivity index (χ0v) is 16.0. The molecule has 2 aromatic rings. The molecule has 0 heterocycles. The van der Waals surface area contributed by atoms with Crippen molar-refractivity contribution in [2.24, 2.45) is 0 Å². The van der Waals surface area contributed by atoms with Gasteiger partial charge in [0.2, 0.25) is 11.8 Å². The van der Waals surface area contributed by atoms with Gasteiger partial charge in [-0.25, -0.2) is 0 Å². The standard InChI is InChI=1S/C19H21ClN2O2S/c1-12-4-9-17(13(2)10-12)22-19(24)14(3)25-11-18(23)21-16-7-5-15(20)6-8-16/h4-10,14H,11H2,1-3H3,(H,21,23)(H,22,24)/t14-/m1/s1. The first-order valence-electron chi connectivity index (χ1n) is 7.90. The van der Waals surface area contributed by atoms with E-state index in [4.69, 9.17) is 11.6 Å². The minimum Gasteiger partial charge on any atom is -0.325 e. The molecule has 0 aromatic heterocycles. The number of aryl methyl sites for hydroxylation is 2. The quantitative estimate of drug-likeness (QED) is 0.771. The van der Waals surface area contributed by atoms with Crippen molar-refractivity contribution in [1.82, 2.24) is 0 Å². The van der Waals surface area contributed by atoms with E-state index in [-0.39, 0.29) is 22.8 Å². The summed E-state index contributed by atoms with van der Waals surface area (Å²) < 4.78 is 0. The van der Waals surface area contributed by atoms with Crippen LogP contribution < -0.4 is 10.6 Å². The monoisotopic (exact) mass is 376 g/mol. The topological polar surface area (TPSA) is 58.2 Å². The fourth-order valence-corrected chi connectivity index (χ4v) is 3.00. The summed E-state index contributed by atoms with van der Waals surface area (Å²) in [5.74, 6) is -0.0703. The molecule has 0 aliphatic heterocycles. The number of rotatable bonds is 6. The van der Waals surface area contributed by atoms with Crippen molar-refractivity contribution in [2.75, 3.05) is 16.4 Å². The normalized spacial score (nSPS) is 11.7. The van der Waals surface area contributed by atoms with Crippen LogP contribution in [0.4, 0.5) is 11.4 Å². The number of amides is 2. The molecule has 4 nitrogen and oxygen atoms in total. The van der Waals surface area contributed by atoms with Gasteiger partial charge >= 0.3 is 0 Å². The molecule has 2 amide bonds. The molecule has 0 fully saturated rings. The van der Waals surface area contributed by atoms with Gasteiger partial charge in [-0.3, -0.25) is 9.59 Å². The Morgan fingerprint density at radius 2 is 1.76 bits per heavy atom. The van der Waals surface area contributed by atoms with E-state index in [1.807, 2.05) is 32.0 Å². The first kappa shape index (κ1) is 19.3. The van der Waals surface area contributed by atoms with E-state index in [2.05, 4.69) is 10.6 Å². The predicted octanol–water partition coefficient (Wildman–Crippen LogP) is 4.66. The lowest BCUT2D eigenvalue weighted by molar-refractivity contribution is -0.115. The molecule has 0 unspecified atom stereocenters. The fourth-order valence-electron chi connectivity index (χ4n) is 2.19. The Bertz CT molecular complexity index is 763. The van der Waals surface area contributed by atoms with Gasteiger partial charge in [-0.2, -0.15) is 0 Å². The molecule has 0 aliphatic carbocycles. The molecule has 0 bridgehead atoms. The van der Waals surface area contributed by atoms with Gasteiger partial charge in [-0.05, 0) is 56.7 Å². The summed E-state index contributed by atoms with van der Waals surface area (Å²) >= 11 is 7.10. The van der Waals surface area contributed by atoms with E-state index in [0.29, 0.717) is 10.7 Å². The van der Waals surface area contributed by atoms with Gasteiger partial charge in [0, 0.05) is 16.4 Å². The summed E-state index contributed by atoms with van der Waals surface area (Å²) in [6, 6.07) is 12.8. The third-order valence-electron chi connectivity index (χ3n) is 3.60. The van der Waals surface area contributed by atoms with Gasteiger partial charge in [0.15, 0.2) is 0 Å². The van der Waals surface area contributed by atoms with Crippen molar-refractivity contribution < 1.29 is 9.59 Å². The molecule has 0 saturated carbocycles. The third kappa shape index (κ3) is 6.11. The van der Waals surface area contributed by atoms with Crippen LogP contribution in [0.1, 0.15) is 18.1 Å². The lowest BCUT2D eigenvalue weighted by Gasteiger charge is -2.14. The molecule has 132 valence electrons. The average Bonchev–Trinajstić information content (AvgIpc) is 2.57. The Hall–Kier alpha value is -1.98. The summed E-state index contributed by atoms with van der Waals surface area (Å²) in [6.07, 6.45) is 0. The summed E-state index contributed by atoms with van der Waals surface area (Å²) in [5, 5.41) is 5.97. The Labute approximate surface area is 157 Å². The second-order valence-corrected chi connectivity index (χ2v) is 7.58. The second kappa shape index (κ2) is 8.92.